The molecule has 0 aromatic heterocycles. The normalized spacial score (nSPS) is 12.1. The van der Waals surface area contributed by atoms with Crippen molar-refractivity contribution in [1.29, 1.82) is 0 Å². The van der Waals surface area contributed by atoms with E-state index in [1.165, 1.54) is 4.90 Å². The molecule has 1 unspecified atom stereocenters. The molecule has 0 bridgehead atoms. The summed E-state index contributed by atoms with van der Waals surface area (Å²) in [5.41, 5.74) is 1.71. The molecule has 0 aliphatic carbocycles. The van der Waals surface area contributed by atoms with E-state index >= 15 is 0 Å². The van der Waals surface area contributed by atoms with E-state index in [2.05, 4.69) is 19.2 Å². The van der Waals surface area contributed by atoms with Gasteiger partial charge >= 0.3 is 11.8 Å². The number of rotatable bonds is 5. The molecule has 5 nitrogen and oxygen atoms in total. The third kappa shape index (κ3) is 5.55. The molecule has 0 saturated heterocycles. The fraction of sp³-hybridized carbons (Fsp3) is 0.500. The molecule has 0 spiro atoms. The first-order valence-electron chi connectivity index (χ1n) is 7.15. The highest BCUT2D eigenvalue weighted by atomic mass is 16.3. The first-order chi connectivity index (χ1) is 9.81. The monoisotopic (exact) mass is 292 g/mol. The van der Waals surface area contributed by atoms with Gasteiger partial charge in [0.2, 0.25) is 0 Å². The summed E-state index contributed by atoms with van der Waals surface area (Å²) in [4.78, 5) is 25.1. The van der Waals surface area contributed by atoms with Gasteiger partial charge in [-0.3, -0.25) is 9.59 Å². The van der Waals surface area contributed by atoms with Crippen molar-refractivity contribution in [3.8, 4) is 0 Å². The smallest absolute Gasteiger partial charge is 0.313 e. The SMILES string of the molecule is CC(O)CCN(C)C(=O)C(=O)Nc1cccc(C(C)C)c1. The molecule has 1 atom stereocenters. The lowest BCUT2D eigenvalue weighted by atomic mass is 10.0. The Morgan fingerprint density at radius 1 is 1.29 bits per heavy atom. The number of hydrogen-bond donors (Lipinski definition) is 2. The third-order valence-electron chi connectivity index (χ3n) is 3.23. The van der Waals surface area contributed by atoms with Gasteiger partial charge in [0.25, 0.3) is 0 Å². The second-order valence-corrected chi connectivity index (χ2v) is 5.60. The second-order valence-electron chi connectivity index (χ2n) is 5.60. The van der Waals surface area contributed by atoms with Crippen LogP contribution in [0.5, 0.6) is 0 Å². The molecule has 5 heteroatoms. The Hall–Kier alpha value is -1.88. The lowest BCUT2D eigenvalue weighted by Gasteiger charge is -2.17. The van der Waals surface area contributed by atoms with Crippen LogP contribution in [0.2, 0.25) is 0 Å². The number of anilines is 1. The van der Waals surface area contributed by atoms with Crippen LogP contribution in [0, 0.1) is 0 Å². The first kappa shape index (κ1) is 17.2. The van der Waals surface area contributed by atoms with E-state index in [1.807, 2.05) is 18.2 Å². The summed E-state index contributed by atoms with van der Waals surface area (Å²) in [5, 5.41) is 11.8. The molecule has 0 fully saturated rings. The summed E-state index contributed by atoms with van der Waals surface area (Å²) >= 11 is 0. The average molecular weight is 292 g/mol. The van der Waals surface area contributed by atoms with Gasteiger partial charge in [0.15, 0.2) is 0 Å². The minimum atomic E-state index is -0.663. The third-order valence-corrected chi connectivity index (χ3v) is 3.23. The van der Waals surface area contributed by atoms with E-state index in [1.54, 1.807) is 20.0 Å². The van der Waals surface area contributed by atoms with Crippen molar-refractivity contribution in [2.45, 2.75) is 39.2 Å². The minimum absolute atomic E-state index is 0.343. The summed E-state index contributed by atoms with van der Waals surface area (Å²) in [6, 6.07) is 7.46. The molecule has 0 radical (unpaired) electrons. The Bertz CT molecular complexity index is 498. The Kier molecular flexibility index (Phi) is 6.37. The van der Waals surface area contributed by atoms with Gasteiger partial charge in [0.1, 0.15) is 0 Å². The molecule has 1 rings (SSSR count). The number of amides is 2. The van der Waals surface area contributed by atoms with Gasteiger partial charge in [-0.25, -0.2) is 0 Å². The average Bonchev–Trinajstić information content (AvgIpc) is 2.44. The van der Waals surface area contributed by atoms with Gasteiger partial charge in [-0.15, -0.1) is 0 Å². The molecule has 2 N–H and O–H groups in total. The number of carbonyl (C=O) groups is 2. The predicted octanol–water partition coefficient (Wildman–Crippen LogP) is 1.98. The fourth-order valence-electron chi connectivity index (χ4n) is 1.82. The summed E-state index contributed by atoms with van der Waals surface area (Å²) in [6.07, 6.45) is -0.0516. The van der Waals surface area contributed by atoms with E-state index < -0.39 is 17.9 Å². The molecule has 1 aromatic carbocycles. The topological polar surface area (TPSA) is 69.6 Å². The Morgan fingerprint density at radius 2 is 1.95 bits per heavy atom. The minimum Gasteiger partial charge on any atom is -0.393 e. The largest absolute Gasteiger partial charge is 0.393 e. The zero-order chi connectivity index (χ0) is 16.0. The quantitative estimate of drug-likeness (QED) is 0.815. The Labute approximate surface area is 126 Å². The molecule has 21 heavy (non-hydrogen) atoms. The van der Waals surface area contributed by atoms with E-state index in [4.69, 9.17) is 0 Å². The highest BCUT2D eigenvalue weighted by molar-refractivity contribution is 6.39. The number of carbonyl (C=O) groups excluding carboxylic acids is 2. The molecular formula is C16H24N2O3. The number of nitrogens with one attached hydrogen (secondary N) is 1. The summed E-state index contributed by atoms with van der Waals surface area (Å²) in [7, 11) is 1.55. The van der Waals surface area contributed by atoms with Crippen LogP contribution in [0.3, 0.4) is 0 Å². The maximum Gasteiger partial charge on any atom is 0.313 e. The van der Waals surface area contributed by atoms with Crippen LogP contribution in [0.15, 0.2) is 24.3 Å². The van der Waals surface area contributed by atoms with Crippen LogP contribution in [-0.2, 0) is 9.59 Å². The Balaban J connectivity index is 2.63. The second kappa shape index (κ2) is 7.78. The summed E-state index contributed by atoms with van der Waals surface area (Å²) in [5.74, 6) is -0.916. The van der Waals surface area contributed by atoms with Crippen molar-refractivity contribution >= 4 is 17.5 Å². The van der Waals surface area contributed by atoms with Crippen LogP contribution >= 0.6 is 0 Å². The van der Waals surface area contributed by atoms with Gasteiger partial charge in [0, 0.05) is 19.3 Å². The first-order valence-corrected chi connectivity index (χ1v) is 7.15. The van der Waals surface area contributed by atoms with Crippen molar-refractivity contribution in [3.05, 3.63) is 29.8 Å². The number of aliphatic hydroxyl groups excluding tert-OH is 1. The van der Waals surface area contributed by atoms with E-state index in [9.17, 15) is 14.7 Å². The van der Waals surface area contributed by atoms with Crippen molar-refractivity contribution in [1.82, 2.24) is 4.90 Å². The van der Waals surface area contributed by atoms with E-state index in [0.717, 1.165) is 5.56 Å². The summed E-state index contributed by atoms with van der Waals surface area (Å²) in [6.45, 7) is 6.12. The van der Waals surface area contributed by atoms with Crippen molar-refractivity contribution in [3.63, 3.8) is 0 Å². The molecule has 2 amide bonds. The number of hydrogen-bond acceptors (Lipinski definition) is 3. The van der Waals surface area contributed by atoms with Gasteiger partial charge in [-0.1, -0.05) is 26.0 Å². The fourth-order valence-corrected chi connectivity index (χ4v) is 1.82. The molecule has 1 aromatic rings. The van der Waals surface area contributed by atoms with E-state index in [0.29, 0.717) is 24.6 Å². The highest BCUT2D eigenvalue weighted by Gasteiger charge is 2.19. The van der Waals surface area contributed by atoms with Gasteiger partial charge in [-0.2, -0.15) is 0 Å². The van der Waals surface area contributed by atoms with Crippen molar-refractivity contribution in [2.75, 3.05) is 18.9 Å². The van der Waals surface area contributed by atoms with Crippen LogP contribution in [0.4, 0.5) is 5.69 Å². The summed E-state index contributed by atoms with van der Waals surface area (Å²) < 4.78 is 0. The van der Waals surface area contributed by atoms with Crippen LogP contribution in [0.25, 0.3) is 0 Å². The number of aliphatic hydroxyl groups is 1. The molecule has 0 saturated carbocycles. The molecule has 0 aliphatic rings. The predicted molar refractivity (Wildman–Crippen MR) is 83.1 cm³/mol. The van der Waals surface area contributed by atoms with Crippen LogP contribution in [-0.4, -0.2) is 41.5 Å². The highest BCUT2D eigenvalue weighted by Crippen LogP contribution is 2.18. The maximum absolute atomic E-state index is 11.9. The Morgan fingerprint density at radius 3 is 2.52 bits per heavy atom. The van der Waals surface area contributed by atoms with Gasteiger partial charge < -0.3 is 15.3 Å². The number of nitrogens with zero attached hydrogens (tertiary/aromatic N) is 1. The zero-order valence-corrected chi connectivity index (χ0v) is 13.1. The molecule has 0 heterocycles. The van der Waals surface area contributed by atoms with E-state index in [-0.39, 0.29) is 0 Å². The van der Waals surface area contributed by atoms with Crippen LogP contribution < -0.4 is 5.32 Å². The maximum atomic E-state index is 11.9. The lowest BCUT2D eigenvalue weighted by molar-refractivity contribution is -0.142. The number of benzene rings is 1. The zero-order valence-electron chi connectivity index (χ0n) is 13.1. The van der Waals surface area contributed by atoms with Gasteiger partial charge in [-0.05, 0) is 37.0 Å². The van der Waals surface area contributed by atoms with Crippen LogP contribution in [0.1, 0.15) is 38.7 Å². The molecule has 0 aliphatic heterocycles. The molecule has 116 valence electrons. The molecular weight excluding hydrogens is 268 g/mol. The standard InChI is InChI=1S/C16H24N2O3/c1-11(2)13-6-5-7-14(10-13)17-15(20)16(21)18(4)9-8-12(3)19/h5-7,10-12,19H,8-9H2,1-4H3,(H,17,20). The van der Waals surface area contributed by atoms with Gasteiger partial charge in [0.05, 0.1) is 6.10 Å². The lowest BCUT2D eigenvalue weighted by Crippen LogP contribution is -2.38. The van der Waals surface area contributed by atoms with Crippen molar-refractivity contribution < 1.29 is 14.7 Å². The van der Waals surface area contributed by atoms with Crippen molar-refractivity contribution in [2.24, 2.45) is 0 Å². The number of likely N-dealkylation sites (N-methyl/N-ethyl adjacent to an activating group) is 1.